The summed E-state index contributed by atoms with van der Waals surface area (Å²) in [7, 11) is 0. The third-order valence-corrected chi connectivity index (χ3v) is 8.47. The van der Waals surface area contributed by atoms with Crippen molar-refractivity contribution in [2.45, 2.75) is 0 Å². The van der Waals surface area contributed by atoms with Gasteiger partial charge in [-0.1, -0.05) is 152 Å². The third-order valence-electron chi connectivity index (χ3n) is 8.47. The molecule has 2 heteroatoms. The van der Waals surface area contributed by atoms with E-state index in [-0.39, 0.29) is 0 Å². The fourth-order valence-corrected chi connectivity index (χ4v) is 6.34. The summed E-state index contributed by atoms with van der Waals surface area (Å²) in [6.45, 7) is 0. The van der Waals surface area contributed by atoms with Crippen molar-refractivity contribution < 1.29 is 4.42 Å². The maximum absolute atomic E-state index is 6.64. The first kappa shape index (κ1) is 27.4. The molecule has 0 aliphatic carbocycles. The Morgan fingerprint density at radius 3 is 1.61 bits per heavy atom. The zero-order valence-electron chi connectivity index (χ0n) is 25.3. The average Bonchev–Trinajstić information content (AvgIpc) is 3.53. The Labute approximate surface area is 269 Å². The van der Waals surface area contributed by atoms with Gasteiger partial charge in [-0.2, -0.15) is 0 Å². The number of benzene rings is 7. The summed E-state index contributed by atoms with van der Waals surface area (Å²) in [6, 6.07) is 66.1. The highest BCUT2D eigenvalue weighted by Crippen LogP contribution is 2.45. The highest BCUT2D eigenvalue weighted by atomic mass is 16.3. The first-order valence-electron chi connectivity index (χ1n) is 15.6. The molecule has 8 rings (SSSR count). The van der Waals surface area contributed by atoms with Crippen molar-refractivity contribution in [1.82, 2.24) is 0 Å². The number of anilines is 3. The summed E-state index contributed by atoms with van der Waals surface area (Å²) >= 11 is 0. The van der Waals surface area contributed by atoms with Crippen LogP contribution in [0.25, 0.3) is 55.7 Å². The summed E-state index contributed by atoms with van der Waals surface area (Å²) < 4.78 is 6.64. The second-order valence-corrected chi connectivity index (χ2v) is 11.4. The van der Waals surface area contributed by atoms with Gasteiger partial charge in [0.2, 0.25) is 0 Å². The lowest BCUT2D eigenvalue weighted by Crippen LogP contribution is -2.11. The van der Waals surface area contributed by atoms with E-state index in [4.69, 9.17) is 4.42 Å². The van der Waals surface area contributed by atoms with Crippen LogP contribution in [0.15, 0.2) is 192 Å². The highest BCUT2D eigenvalue weighted by Gasteiger charge is 2.21. The Morgan fingerprint density at radius 1 is 0.370 bits per heavy atom. The van der Waals surface area contributed by atoms with Crippen molar-refractivity contribution in [2.24, 2.45) is 0 Å². The SMILES string of the molecule is c1ccc(-c2cccc(N(c3cccc(-c4oc5ccccc5c4-c4ccccc4)c3)c3ccccc3-c3ccccc3)c2)cc1. The lowest BCUT2D eigenvalue weighted by Gasteiger charge is -2.28. The first-order valence-corrected chi connectivity index (χ1v) is 15.6. The standard InChI is InChI=1S/C44H31NO/c1-4-16-32(17-5-1)35-22-14-24-37(30-35)45(41-28-12-10-26-39(41)33-18-6-2-7-19-33)38-25-15-23-36(31-38)44-43(34-20-8-3-9-21-34)40-27-11-13-29-42(40)46-44/h1-31H. The third kappa shape index (κ3) is 5.16. The topological polar surface area (TPSA) is 16.4 Å². The molecule has 0 aliphatic heterocycles. The van der Waals surface area contributed by atoms with Crippen molar-refractivity contribution in [3.63, 3.8) is 0 Å². The molecule has 0 N–H and O–H groups in total. The van der Waals surface area contributed by atoms with Crippen molar-refractivity contribution >= 4 is 28.0 Å². The van der Waals surface area contributed by atoms with E-state index in [9.17, 15) is 0 Å². The summed E-state index contributed by atoms with van der Waals surface area (Å²) in [5.41, 5.74) is 12.0. The van der Waals surface area contributed by atoms with Crippen LogP contribution in [0, 0.1) is 0 Å². The molecule has 1 heterocycles. The molecule has 0 amide bonds. The molecule has 0 fully saturated rings. The van der Waals surface area contributed by atoms with E-state index in [0.717, 1.165) is 56.0 Å². The van der Waals surface area contributed by atoms with E-state index < -0.39 is 0 Å². The predicted octanol–water partition coefficient (Wildman–Crippen LogP) is 12.6. The molecule has 0 aliphatic rings. The fourth-order valence-electron chi connectivity index (χ4n) is 6.34. The zero-order chi connectivity index (χ0) is 30.7. The van der Waals surface area contributed by atoms with Gasteiger partial charge in [-0.15, -0.1) is 0 Å². The monoisotopic (exact) mass is 589 g/mol. The minimum atomic E-state index is 0.864. The highest BCUT2D eigenvalue weighted by molar-refractivity contribution is 6.02. The molecular weight excluding hydrogens is 558 g/mol. The van der Waals surface area contributed by atoms with Crippen molar-refractivity contribution in [3.8, 4) is 44.7 Å². The summed E-state index contributed by atoms with van der Waals surface area (Å²) in [4.78, 5) is 2.36. The number of hydrogen-bond donors (Lipinski definition) is 0. The van der Waals surface area contributed by atoms with Gasteiger partial charge in [0.1, 0.15) is 11.3 Å². The van der Waals surface area contributed by atoms with E-state index in [1.165, 1.54) is 16.7 Å². The van der Waals surface area contributed by atoms with E-state index in [0.29, 0.717) is 0 Å². The van der Waals surface area contributed by atoms with Crippen LogP contribution in [-0.2, 0) is 0 Å². The van der Waals surface area contributed by atoms with Gasteiger partial charge in [-0.05, 0) is 58.7 Å². The first-order chi connectivity index (χ1) is 22.8. The number of fused-ring (bicyclic) bond motifs is 1. The molecule has 0 atom stereocenters. The molecule has 0 bridgehead atoms. The van der Waals surface area contributed by atoms with Crippen LogP contribution in [-0.4, -0.2) is 0 Å². The van der Waals surface area contributed by atoms with Crippen LogP contribution < -0.4 is 4.90 Å². The van der Waals surface area contributed by atoms with Gasteiger partial charge in [0, 0.05) is 33.5 Å². The number of furan rings is 1. The minimum absolute atomic E-state index is 0.864. The number of hydrogen-bond acceptors (Lipinski definition) is 2. The normalized spacial score (nSPS) is 11.0. The summed E-state index contributed by atoms with van der Waals surface area (Å²) in [6.07, 6.45) is 0. The lowest BCUT2D eigenvalue weighted by atomic mass is 9.97. The summed E-state index contributed by atoms with van der Waals surface area (Å²) in [5.74, 6) is 0.864. The van der Waals surface area contributed by atoms with E-state index >= 15 is 0 Å². The molecule has 1 aromatic heterocycles. The van der Waals surface area contributed by atoms with Crippen molar-refractivity contribution in [3.05, 3.63) is 188 Å². The smallest absolute Gasteiger partial charge is 0.143 e. The van der Waals surface area contributed by atoms with Gasteiger partial charge in [-0.25, -0.2) is 0 Å². The Hall–Kier alpha value is -6.12. The largest absolute Gasteiger partial charge is 0.455 e. The van der Waals surface area contributed by atoms with Gasteiger partial charge in [0.25, 0.3) is 0 Å². The van der Waals surface area contributed by atoms with Crippen LogP contribution in [0.5, 0.6) is 0 Å². The van der Waals surface area contributed by atoms with Gasteiger partial charge >= 0.3 is 0 Å². The quantitative estimate of drug-likeness (QED) is 0.184. The van der Waals surface area contributed by atoms with E-state index in [1.807, 2.05) is 12.1 Å². The Kier molecular flexibility index (Phi) is 7.22. The van der Waals surface area contributed by atoms with Crippen molar-refractivity contribution in [2.75, 3.05) is 4.90 Å². The Bertz CT molecular complexity index is 2250. The number of rotatable bonds is 7. The molecule has 218 valence electrons. The second kappa shape index (κ2) is 12.1. The van der Waals surface area contributed by atoms with Gasteiger partial charge in [0.15, 0.2) is 0 Å². The zero-order valence-corrected chi connectivity index (χ0v) is 25.3. The van der Waals surface area contributed by atoms with Gasteiger partial charge in [-0.3, -0.25) is 0 Å². The fraction of sp³-hybridized carbons (Fsp3) is 0. The lowest BCUT2D eigenvalue weighted by molar-refractivity contribution is 0.632. The molecule has 0 spiro atoms. The van der Waals surface area contributed by atoms with Crippen LogP contribution in [0.3, 0.4) is 0 Å². The number of nitrogens with zero attached hydrogens (tertiary/aromatic N) is 1. The Balaban J connectivity index is 1.34. The molecule has 0 saturated carbocycles. The van der Waals surface area contributed by atoms with E-state index in [2.05, 4.69) is 181 Å². The molecule has 2 nitrogen and oxygen atoms in total. The minimum Gasteiger partial charge on any atom is -0.455 e. The van der Waals surface area contributed by atoms with Crippen LogP contribution in [0.2, 0.25) is 0 Å². The van der Waals surface area contributed by atoms with E-state index in [1.54, 1.807) is 0 Å². The molecule has 0 radical (unpaired) electrons. The summed E-state index contributed by atoms with van der Waals surface area (Å²) in [5, 5.41) is 1.11. The molecule has 7 aromatic carbocycles. The molecule has 0 unspecified atom stereocenters. The van der Waals surface area contributed by atoms with Gasteiger partial charge < -0.3 is 9.32 Å². The van der Waals surface area contributed by atoms with Crippen LogP contribution in [0.4, 0.5) is 17.1 Å². The second-order valence-electron chi connectivity index (χ2n) is 11.4. The molecule has 0 saturated heterocycles. The molecule has 8 aromatic rings. The Morgan fingerprint density at radius 2 is 0.891 bits per heavy atom. The van der Waals surface area contributed by atoms with Crippen molar-refractivity contribution in [1.29, 1.82) is 0 Å². The maximum atomic E-state index is 6.64. The van der Waals surface area contributed by atoms with Gasteiger partial charge in [0.05, 0.1) is 5.69 Å². The molecular formula is C44H31NO. The predicted molar refractivity (Wildman–Crippen MR) is 193 cm³/mol. The van der Waals surface area contributed by atoms with Crippen LogP contribution in [0.1, 0.15) is 0 Å². The number of para-hydroxylation sites is 2. The van der Waals surface area contributed by atoms with Crippen LogP contribution >= 0.6 is 0 Å². The molecule has 46 heavy (non-hydrogen) atoms. The maximum Gasteiger partial charge on any atom is 0.143 e. The average molecular weight is 590 g/mol.